The summed E-state index contributed by atoms with van der Waals surface area (Å²) < 4.78 is 34.2. The van der Waals surface area contributed by atoms with E-state index in [-0.39, 0.29) is 10.5 Å². The first-order valence-electron chi connectivity index (χ1n) is 10.4. The molecule has 3 aromatic rings. The van der Waals surface area contributed by atoms with Gasteiger partial charge >= 0.3 is 0 Å². The van der Waals surface area contributed by atoms with Crippen LogP contribution in [0.5, 0.6) is 0 Å². The van der Waals surface area contributed by atoms with Crippen LogP contribution in [0, 0.1) is 0 Å². The van der Waals surface area contributed by atoms with Crippen LogP contribution in [-0.2, 0) is 27.8 Å². The number of para-hydroxylation sites is 1. The Morgan fingerprint density at radius 3 is 2.41 bits per heavy atom. The van der Waals surface area contributed by atoms with Gasteiger partial charge in [-0.2, -0.15) is 4.31 Å². The summed E-state index contributed by atoms with van der Waals surface area (Å²) in [6.07, 6.45) is 0. The lowest BCUT2D eigenvalue weighted by molar-refractivity contribution is 0.166. The molecule has 1 aliphatic rings. The fourth-order valence-corrected chi connectivity index (χ4v) is 5.38. The number of hydrogen-bond donors (Lipinski definition) is 0. The quantitative estimate of drug-likeness (QED) is 0.519. The van der Waals surface area contributed by atoms with E-state index in [1.54, 1.807) is 29.9 Å². The predicted molar refractivity (Wildman–Crippen MR) is 123 cm³/mol. The topological polar surface area (TPSA) is 84.7 Å². The van der Waals surface area contributed by atoms with Crippen LogP contribution in [0.1, 0.15) is 5.82 Å². The highest BCUT2D eigenvalue weighted by molar-refractivity contribution is 7.89. The molecule has 32 heavy (non-hydrogen) atoms. The molecule has 1 aromatic heterocycles. The third kappa shape index (κ3) is 4.72. The summed E-state index contributed by atoms with van der Waals surface area (Å²) in [6.45, 7) is 3.08. The molecule has 1 saturated heterocycles. The van der Waals surface area contributed by atoms with Gasteiger partial charge in [0.25, 0.3) is 5.56 Å². The zero-order chi connectivity index (χ0) is 22.7. The van der Waals surface area contributed by atoms with Crippen molar-refractivity contribution in [2.75, 3.05) is 39.9 Å². The van der Waals surface area contributed by atoms with Crippen molar-refractivity contribution < 1.29 is 13.2 Å². The van der Waals surface area contributed by atoms with Gasteiger partial charge in [0.1, 0.15) is 5.82 Å². The molecule has 10 heteroatoms. The van der Waals surface area contributed by atoms with Gasteiger partial charge in [-0.3, -0.25) is 14.3 Å². The van der Waals surface area contributed by atoms with Crippen molar-refractivity contribution in [2.24, 2.45) is 0 Å². The van der Waals surface area contributed by atoms with Gasteiger partial charge in [-0.1, -0.05) is 23.7 Å². The average molecular weight is 477 g/mol. The molecule has 0 radical (unpaired) electrons. The fourth-order valence-electron chi connectivity index (χ4n) is 3.83. The highest BCUT2D eigenvalue weighted by Crippen LogP contribution is 2.20. The molecular weight excluding hydrogens is 452 g/mol. The molecule has 1 fully saturated rings. The number of piperazine rings is 1. The average Bonchev–Trinajstić information content (AvgIpc) is 2.80. The maximum atomic E-state index is 13.0. The molecule has 0 amide bonds. The normalized spacial score (nSPS) is 15.9. The van der Waals surface area contributed by atoms with Gasteiger partial charge in [-0.05, 0) is 36.4 Å². The van der Waals surface area contributed by atoms with Gasteiger partial charge in [-0.25, -0.2) is 13.4 Å². The standard InChI is InChI=1S/C22H25ClN4O4S/c1-31-15-14-27-21(24-20-5-3-2-4-19(20)22(27)28)16-25-10-12-26(13-11-25)32(29,30)18-8-6-17(23)7-9-18/h2-9H,10-16H2,1H3. The second-order valence-corrected chi connectivity index (χ2v) is 10.0. The molecule has 170 valence electrons. The van der Waals surface area contributed by atoms with Crippen LogP contribution in [0.3, 0.4) is 0 Å². The first-order chi connectivity index (χ1) is 15.4. The molecule has 0 unspecified atom stereocenters. The first-order valence-corrected chi connectivity index (χ1v) is 12.2. The van der Waals surface area contributed by atoms with Gasteiger partial charge in [0.05, 0.1) is 35.5 Å². The SMILES string of the molecule is COCCn1c(CN2CCN(S(=O)(=O)c3ccc(Cl)cc3)CC2)nc2ccccc2c1=O. The Morgan fingerprint density at radius 1 is 1.03 bits per heavy atom. The number of nitrogens with zero attached hydrogens (tertiary/aromatic N) is 4. The minimum absolute atomic E-state index is 0.0911. The predicted octanol–water partition coefficient (Wildman–Crippen LogP) is 2.20. The molecular formula is C22H25ClN4O4S. The molecule has 0 atom stereocenters. The highest BCUT2D eigenvalue weighted by atomic mass is 35.5. The van der Waals surface area contributed by atoms with Gasteiger partial charge in [0, 0.05) is 38.3 Å². The van der Waals surface area contributed by atoms with E-state index in [9.17, 15) is 13.2 Å². The summed E-state index contributed by atoms with van der Waals surface area (Å²) in [4.78, 5) is 20.1. The lowest BCUT2D eigenvalue weighted by Gasteiger charge is -2.34. The number of halogens is 1. The van der Waals surface area contributed by atoms with Gasteiger partial charge in [0.2, 0.25) is 10.0 Å². The Hall–Kier alpha value is -2.30. The monoisotopic (exact) mass is 476 g/mol. The number of aromatic nitrogens is 2. The maximum absolute atomic E-state index is 13.0. The second-order valence-electron chi connectivity index (χ2n) is 7.63. The number of hydrogen-bond acceptors (Lipinski definition) is 6. The van der Waals surface area contributed by atoms with Gasteiger partial charge < -0.3 is 4.74 Å². The van der Waals surface area contributed by atoms with Crippen molar-refractivity contribution in [1.82, 2.24) is 18.8 Å². The number of ether oxygens (including phenoxy) is 1. The van der Waals surface area contributed by atoms with Crippen LogP contribution >= 0.6 is 11.6 Å². The van der Waals surface area contributed by atoms with E-state index in [1.165, 1.54) is 16.4 Å². The lowest BCUT2D eigenvalue weighted by atomic mass is 10.2. The Morgan fingerprint density at radius 2 is 1.72 bits per heavy atom. The molecule has 0 aliphatic carbocycles. The zero-order valence-corrected chi connectivity index (χ0v) is 19.3. The minimum Gasteiger partial charge on any atom is -0.383 e. The number of fused-ring (bicyclic) bond motifs is 1. The van der Waals surface area contributed by atoms with E-state index in [0.29, 0.717) is 67.6 Å². The Balaban J connectivity index is 1.51. The summed E-state index contributed by atoms with van der Waals surface area (Å²) >= 11 is 5.88. The summed E-state index contributed by atoms with van der Waals surface area (Å²) in [5, 5.41) is 1.07. The minimum atomic E-state index is -3.57. The summed E-state index contributed by atoms with van der Waals surface area (Å²) in [7, 11) is -1.97. The molecule has 2 heterocycles. The number of benzene rings is 2. The summed E-state index contributed by atoms with van der Waals surface area (Å²) in [5.74, 6) is 0.653. The second kappa shape index (κ2) is 9.68. The molecule has 0 saturated carbocycles. The van der Waals surface area contributed by atoms with Gasteiger partial charge in [0.15, 0.2) is 0 Å². The van der Waals surface area contributed by atoms with E-state index < -0.39 is 10.0 Å². The third-order valence-corrected chi connectivity index (χ3v) is 7.77. The molecule has 0 bridgehead atoms. The Kier molecular flexibility index (Phi) is 6.92. The van der Waals surface area contributed by atoms with Crippen molar-refractivity contribution in [1.29, 1.82) is 0 Å². The molecule has 8 nitrogen and oxygen atoms in total. The van der Waals surface area contributed by atoms with Crippen LogP contribution in [0.25, 0.3) is 10.9 Å². The number of methoxy groups -OCH3 is 1. The van der Waals surface area contributed by atoms with Crippen LogP contribution in [0.4, 0.5) is 0 Å². The number of rotatable bonds is 7. The largest absolute Gasteiger partial charge is 0.383 e. The highest BCUT2D eigenvalue weighted by Gasteiger charge is 2.29. The van der Waals surface area contributed by atoms with Crippen molar-refractivity contribution in [2.45, 2.75) is 18.0 Å². The molecule has 2 aromatic carbocycles. The van der Waals surface area contributed by atoms with Crippen molar-refractivity contribution >= 4 is 32.5 Å². The van der Waals surface area contributed by atoms with E-state index >= 15 is 0 Å². The summed E-state index contributed by atoms with van der Waals surface area (Å²) in [5.41, 5.74) is 0.566. The van der Waals surface area contributed by atoms with Crippen LogP contribution in [0.2, 0.25) is 5.02 Å². The molecule has 0 N–H and O–H groups in total. The Labute approximate surface area is 192 Å². The molecule has 4 rings (SSSR count). The Bertz CT molecular complexity index is 1250. The van der Waals surface area contributed by atoms with Crippen molar-refractivity contribution in [3.05, 3.63) is 69.7 Å². The number of sulfonamides is 1. The van der Waals surface area contributed by atoms with E-state index in [2.05, 4.69) is 4.90 Å². The maximum Gasteiger partial charge on any atom is 0.261 e. The van der Waals surface area contributed by atoms with Crippen LogP contribution in [0.15, 0.2) is 58.2 Å². The molecule has 1 aliphatic heterocycles. The van der Waals surface area contributed by atoms with Crippen molar-refractivity contribution in [3.8, 4) is 0 Å². The smallest absolute Gasteiger partial charge is 0.261 e. The van der Waals surface area contributed by atoms with E-state index in [0.717, 1.165) is 0 Å². The van der Waals surface area contributed by atoms with Crippen LogP contribution in [-0.4, -0.2) is 67.1 Å². The summed E-state index contributed by atoms with van der Waals surface area (Å²) in [6, 6.07) is 13.5. The third-order valence-electron chi connectivity index (χ3n) is 5.61. The van der Waals surface area contributed by atoms with E-state index in [4.69, 9.17) is 21.3 Å². The molecule has 0 spiro atoms. The van der Waals surface area contributed by atoms with Crippen LogP contribution < -0.4 is 5.56 Å². The fraction of sp³-hybridized carbons (Fsp3) is 0.364. The zero-order valence-electron chi connectivity index (χ0n) is 17.8. The first kappa shape index (κ1) is 22.9. The lowest BCUT2D eigenvalue weighted by Crippen LogP contribution is -2.48. The van der Waals surface area contributed by atoms with Crippen molar-refractivity contribution in [3.63, 3.8) is 0 Å². The van der Waals surface area contributed by atoms with E-state index in [1.807, 2.05) is 18.2 Å². The van der Waals surface area contributed by atoms with Gasteiger partial charge in [-0.15, -0.1) is 0 Å².